The average molecular weight is 521 g/mol. The van der Waals surface area contributed by atoms with Gasteiger partial charge in [0.25, 0.3) is 0 Å². The van der Waals surface area contributed by atoms with Crippen molar-refractivity contribution in [3.8, 4) is 0 Å². The number of phosphoric ester groups is 1. The van der Waals surface area contributed by atoms with E-state index in [9.17, 15) is 23.8 Å². The third-order valence-electron chi connectivity index (χ3n) is 5.96. The number of rotatable bonds is 9. The Morgan fingerprint density at radius 3 is 2.50 bits per heavy atom. The number of carbonyl (C=O) groups excluding carboxylic acids is 1. The van der Waals surface area contributed by atoms with Crippen molar-refractivity contribution in [2.75, 3.05) is 19.8 Å². The van der Waals surface area contributed by atoms with Crippen LogP contribution in [-0.4, -0.2) is 102 Å². The van der Waals surface area contributed by atoms with Crippen LogP contribution in [0.25, 0.3) is 0 Å². The number of likely N-dealkylation sites (tertiary alicyclic amines) is 1. The molecule has 11 nitrogen and oxygen atoms in total. The maximum absolute atomic E-state index is 13.0. The number of halogens is 1. The molecule has 32 heavy (non-hydrogen) atoms. The summed E-state index contributed by atoms with van der Waals surface area (Å²) in [6.45, 7) is 4.44. The van der Waals surface area contributed by atoms with Crippen molar-refractivity contribution in [3.63, 3.8) is 0 Å². The van der Waals surface area contributed by atoms with E-state index in [4.69, 9.17) is 26.1 Å². The molecule has 2 saturated heterocycles. The van der Waals surface area contributed by atoms with Gasteiger partial charge >= 0.3 is 7.82 Å². The Labute approximate surface area is 195 Å². The number of aliphatic hydroxyl groups excluding tert-OH is 2. The Morgan fingerprint density at radius 1 is 1.38 bits per heavy atom. The molecule has 2 aliphatic heterocycles. The number of hydrogen-bond donors (Lipinski definition) is 5. The Balaban J connectivity index is 2.21. The first kappa shape index (κ1) is 28.1. The highest BCUT2D eigenvalue weighted by Gasteiger charge is 2.52. The van der Waals surface area contributed by atoms with E-state index in [1.54, 1.807) is 6.92 Å². The molecule has 0 aliphatic carbocycles. The molecule has 0 spiro atoms. The number of nitrogens with one attached hydrogen (secondary N) is 1. The van der Waals surface area contributed by atoms with Gasteiger partial charge in [-0.1, -0.05) is 13.3 Å². The summed E-state index contributed by atoms with van der Waals surface area (Å²) in [4.78, 5) is 33.2. The third kappa shape index (κ3) is 6.94. The van der Waals surface area contributed by atoms with Crippen molar-refractivity contribution in [1.82, 2.24) is 10.2 Å². The van der Waals surface area contributed by atoms with Gasteiger partial charge in [-0.3, -0.25) is 18.4 Å². The molecule has 0 bridgehead atoms. The first-order valence-corrected chi connectivity index (χ1v) is 14.1. The number of nitrogens with zero attached hydrogens (tertiary/aromatic N) is 1. The fourth-order valence-corrected chi connectivity index (χ4v) is 6.17. The van der Waals surface area contributed by atoms with E-state index < -0.39 is 65.9 Å². The zero-order valence-electron chi connectivity index (χ0n) is 18.5. The Morgan fingerprint density at radius 2 is 2.00 bits per heavy atom. The van der Waals surface area contributed by atoms with Crippen LogP contribution in [0.3, 0.4) is 0 Å². The lowest BCUT2D eigenvalue weighted by atomic mass is 9.92. The van der Waals surface area contributed by atoms with Gasteiger partial charge in [0.15, 0.2) is 5.44 Å². The van der Waals surface area contributed by atoms with Crippen LogP contribution >= 0.6 is 19.4 Å². The summed E-state index contributed by atoms with van der Waals surface area (Å²) in [5.74, 6) is 0.0834. The predicted octanol–water partition coefficient (Wildman–Crippen LogP) is -0.478. The quantitative estimate of drug-likeness (QED) is 0.198. The van der Waals surface area contributed by atoms with Gasteiger partial charge < -0.3 is 30.1 Å². The molecule has 2 aliphatic rings. The largest absolute Gasteiger partial charge is 0.470 e. The second kappa shape index (κ2) is 11.5. The van der Waals surface area contributed by atoms with Crippen LogP contribution in [0.15, 0.2) is 0 Å². The summed E-state index contributed by atoms with van der Waals surface area (Å²) in [7, 11) is -5.08. The molecule has 2 fully saturated rings. The molecule has 5 N–H and O–H groups in total. The van der Waals surface area contributed by atoms with Gasteiger partial charge in [0, 0.05) is 12.8 Å². The number of ether oxygens (including phenoxy) is 1. The zero-order chi connectivity index (χ0) is 24.4. The molecule has 0 saturated carbocycles. The van der Waals surface area contributed by atoms with Crippen molar-refractivity contribution in [1.29, 1.82) is 0 Å². The Hall–Kier alpha value is -0.140. The number of amides is 1. The number of aliphatic hydroxyl groups is 2. The van der Waals surface area contributed by atoms with Crippen LogP contribution in [0.1, 0.15) is 33.1 Å². The van der Waals surface area contributed by atoms with Crippen LogP contribution in [-0.2, 0) is 29.4 Å². The first-order valence-electron chi connectivity index (χ1n) is 10.5. The highest BCUT2D eigenvalue weighted by atomic mass is 35.5. The van der Waals surface area contributed by atoms with Gasteiger partial charge in [0.1, 0.15) is 24.4 Å². The Bertz CT molecular complexity index is 727. The molecular formula is C18H34ClN2O9PS. The van der Waals surface area contributed by atoms with E-state index in [1.807, 2.05) is 11.9 Å². The SMILES string of the molecule is CCCC1CC(C(=O)NC(C(C)Cl)C2OC(S(C)=O)C(OP(=O)(O)O)C(O)C2O)N(C)C1. The number of hydrogen-bond acceptors (Lipinski definition) is 8. The molecule has 2 heterocycles. The summed E-state index contributed by atoms with van der Waals surface area (Å²) >= 11 is 6.29. The average Bonchev–Trinajstić information content (AvgIpc) is 3.03. The second-order valence-electron chi connectivity index (χ2n) is 8.57. The zero-order valence-corrected chi connectivity index (χ0v) is 21.0. The fourth-order valence-electron chi connectivity index (χ4n) is 4.45. The lowest BCUT2D eigenvalue weighted by Crippen LogP contribution is -2.66. The van der Waals surface area contributed by atoms with Gasteiger partial charge in [-0.15, -0.1) is 11.6 Å². The van der Waals surface area contributed by atoms with Crippen molar-refractivity contribution in [3.05, 3.63) is 0 Å². The maximum atomic E-state index is 13.0. The monoisotopic (exact) mass is 520 g/mol. The van der Waals surface area contributed by atoms with Crippen LogP contribution < -0.4 is 5.32 Å². The van der Waals surface area contributed by atoms with Crippen LogP contribution in [0.2, 0.25) is 0 Å². The second-order valence-corrected chi connectivity index (χ2v) is 11.9. The molecule has 10 unspecified atom stereocenters. The van der Waals surface area contributed by atoms with Gasteiger partial charge in [-0.05, 0) is 32.7 Å². The topological polar surface area (TPSA) is 166 Å². The molecule has 0 aromatic carbocycles. The summed E-state index contributed by atoms with van der Waals surface area (Å²) in [5.41, 5.74) is -1.47. The molecular weight excluding hydrogens is 487 g/mol. The van der Waals surface area contributed by atoms with E-state index in [2.05, 4.69) is 16.8 Å². The maximum Gasteiger partial charge on any atom is 0.470 e. The van der Waals surface area contributed by atoms with E-state index in [-0.39, 0.29) is 5.91 Å². The fraction of sp³-hybridized carbons (Fsp3) is 0.944. The van der Waals surface area contributed by atoms with Gasteiger partial charge in [-0.25, -0.2) is 4.57 Å². The molecule has 0 aromatic rings. The molecule has 188 valence electrons. The van der Waals surface area contributed by atoms with Crippen molar-refractivity contribution in [2.45, 2.75) is 80.4 Å². The lowest BCUT2D eigenvalue weighted by molar-refractivity contribution is -0.202. The van der Waals surface area contributed by atoms with Crippen LogP contribution in [0, 0.1) is 5.92 Å². The first-order chi connectivity index (χ1) is 14.8. The minimum absolute atomic E-state index is 0.309. The number of likely N-dealkylation sites (N-methyl/N-ethyl adjacent to an activating group) is 1. The third-order valence-corrected chi connectivity index (χ3v) is 7.78. The van der Waals surface area contributed by atoms with Crippen molar-refractivity contribution >= 4 is 36.1 Å². The molecule has 14 heteroatoms. The summed E-state index contributed by atoms with van der Waals surface area (Å²) in [5, 5.41) is 23.2. The number of phosphoric acid groups is 1. The molecule has 1 amide bonds. The standard InChI is InChI=1S/C18H34ClN2O9PS/c1-5-6-10-7-11(21(3)8-10)17(24)20-12(9(2)19)15-13(22)14(23)16(30-31(25,26)27)18(29-15)32(4)28/h9-16,18,22-23H,5-8H2,1-4H3,(H,20,24)(H2,25,26,27). The summed E-state index contributed by atoms with van der Waals surface area (Å²) < 4.78 is 33.7. The smallest absolute Gasteiger partial charge is 0.388 e. The summed E-state index contributed by atoms with van der Waals surface area (Å²) in [6.07, 6.45) is -2.68. The van der Waals surface area contributed by atoms with E-state index >= 15 is 0 Å². The minimum Gasteiger partial charge on any atom is -0.388 e. The van der Waals surface area contributed by atoms with Crippen molar-refractivity contribution in [2.24, 2.45) is 5.92 Å². The number of carbonyl (C=O) groups is 1. The van der Waals surface area contributed by atoms with Gasteiger partial charge in [-0.2, -0.15) is 0 Å². The summed E-state index contributed by atoms with van der Waals surface area (Å²) in [6, 6.07) is -1.37. The van der Waals surface area contributed by atoms with E-state index in [0.717, 1.165) is 19.4 Å². The van der Waals surface area contributed by atoms with Crippen LogP contribution in [0.5, 0.6) is 0 Å². The van der Waals surface area contributed by atoms with E-state index in [1.165, 1.54) is 6.26 Å². The molecule has 10 atom stereocenters. The lowest BCUT2D eigenvalue weighted by Gasteiger charge is -2.45. The highest BCUT2D eigenvalue weighted by molar-refractivity contribution is 7.84. The number of alkyl halides is 1. The molecule has 0 aromatic heterocycles. The Kier molecular flexibility index (Phi) is 10.1. The highest BCUT2D eigenvalue weighted by Crippen LogP contribution is 2.42. The predicted molar refractivity (Wildman–Crippen MR) is 118 cm³/mol. The van der Waals surface area contributed by atoms with Gasteiger partial charge in [0.05, 0.1) is 28.3 Å². The normalized spacial score (nSPS) is 37.1. The van der Waals surface area contributed by atoms with E-state index in [0.29, 0.717) is 12.3 Å². The van der Waals surface area contributed by atoms with Crippen molar-refractivity contribution < 1.29 is 42.8 Å². The van der Waals surface area contributed by atoms with Gasteiger partial charge in [0.2, 0.25) is 5.91 Å². The molecule has 0 radical (unpaired) electrons. The minimum atomic E-state index is -5.08. The molecule has 2 rings (SSSR count). The van der Waals surface area contributed by atoms with Crippen LogP contribution in [0.4, 0.5) is 0 Å².